The van der Waals surface area contributed by atoms with E-state index in [1.54, 1.807) is 12.3 Å². The highest BCUT2D eigenvalue weighted by molar-refractivity contribution is 6.30. The summed E-state index contributed by atoms with van der Waals surface area (Å²) in [5.74, 6) is 0.167. The van der Waals surface area contributed by atoms with Crippen molar-refractivity contribution in [3.8, 4) is 5.75 Å². The van der Waals surface area contributed by atoms with E-state index in [9.17, 15) is 4.79 Å². The average Bonchev–Trinajstić information content (AvgIpc) is 2.99. The van der Waals surface area contributed by atoms with Crippen LogP contribution in [0.2, 0.25) is 5.02 Å². The van der Waals surface area contributed by atoms with E-state index in [4.69, 9.17) is 22.1 Å². The van der Waals surface area contributed by atoms with Crippen LogP contribution in [-0.4, -0.2) is 44.7 Å². The summed E-state index contributed by atoms with van der Waals surface area (Å²) in [6.07, 6.45) is 8.17. The van der Waals surface area contributed by atoms with Gasteiger partial charge in [-0.15, -0.1) is 5.10 Å². The fraction of sp³-hybridized carbons (Fsp3) is 0.294. The molecule has 1 aliphatic heterocycles. The van der Waals surface area contributed by atoms with Gasteiger partial charge in [-0.25, -0.2) is 9.50 Å². The van der Waals surface area contributed by atoms with Gasteiger partial charge in [-0.2, -0.15) is 0 Å². The summed E-state index contributed by atoms with van der Waals surface area (Å²) in [6, 6.07) is 1.72. The number of rotatable bonds is 4. The number of anilines is 2. The van der Waals surface area contributed by atoms with Gasteiger partial charge in [0.1, 0.15) is 23.1 Å². The van der Waals surface area contributed by atoms with Crippen LogP contribution in [0.4, 0.5) is 11.5 Å². The minimum atomic E-state index is -0.447. The maximum absolute atomic E-state index is 12.8. The Morgan fingerprint density at radius 3 is 3.15 bits per heavy atom. The number of aromatic nitrogens is 4. The van der Waals surface area contributed by atoms with Crippen LogP contribution in [0.25, 0.3) is 5.65 Å². The lowest BCUT2D eigenvalue weighted by atomic mass is 10.1. The van der Waals surface area contributed by atoms with Crippen LogP contribution < -0.4 is 21.1 Å². The number of ether oxygens (including phenoxy) is 1. The Morgan fingerprint density at radius 1 is 1.44 bits per heavy atom. The largest absolute Gasteiger partial charge is 0.487 e. The smallest absolute Gasteiger partial charge is 0.263 e. The Hall–Kier alpha value is -2.91. The maximum Gasteiger partial charge on any atom is 0.263 e. The lowest BCUT2D eigenvalue weighted by Crippen LogP contribution is -2.37. The molecule has 10 heteroatoms. The van der Waals surface area contributed by atoms with Crippen molar-refractivity contribution in [2.45, 2.75) is 18.9 Å². The van der Waals surface area contributed by atoms with Crippen molar-refractivity contribution in [3.05, 3.63) is 41.4 Å². The maximum atomic E-state index is 12.8. The monoisotopic (exact) mass is 387 g/mol. The summed E-state index contributed by atoms with van der Waals surface area (Å²) in [6.45, 7) is 1.76. The minimum Gasteiger partial charge on any atom is -0.487 e. The fourth-order valence-electron chi connectivity index (χ4n) is 3.01. The normalized spacial score (nSPS) is 17.0. The van der Waals surface area contributed by atoms with Crippen molar-refractivity contribution in [1.29, 1.82) is 0 Å². The average molecular weight is 388 g/mol. The first-order valence-electron chi connectivity index (χ1n) is 8.54. The number of hydrogen-bond donors (Lipinski definition) is 3. The number of carbonyl (C=O) groups excluding carboxylic acids is 1. The molecular formula is C17H18ClN7O2. The first kappa shape index (κ1) is 17.5. The molecule has 9 nitrogen and oxygen atoms in total. The van der Waals surface area contributed by atoms with Gasteiger partial charge in [-0.05, 0) is 19.4 Å². The van der Waals surface area contributed by atoms with E-state index in [0.717, 1.165) is 25.9 Å². The Bertz CT molecular complexity index is 985. The summed E-state index contributed by atoms with van der Waals surface area (Å²) in [4.78, 5) is 21.1. The number of fused-ring (bicyclic) bond motifs is 1. The zero-order valence-electron chi connectivity index (χ0n) is 14.4. The number of halogens is 1. The number of nitrogen functional groups attached to an aromatic ring is 1. The first-order valence-corrected chi connectivity index (χ1v) is 8.91. The summed E-state index contributed by atoms with van der Waals surface area (Å²) in [5.41, 5.74) is 6.86. The van der Waals surface area contributed by atoms with Crippen molar-refractivity contribution in [1.82, 2.24) is 24.9 Å². The van der Waals surface area contributed by atoms with E-state index < -0.39 is 5.91 Å². The van der Waals surface area contributed by atoms with Crippen molar-refractivity contribution in [2.75, 3.05) is 24.1 Å². The predicted molar refractivity (Wildman–Crippen MR) is 101 cm³/mol. The molecule has 0 bridgehead atoms. The molecule has 1 fully saturated rings. The molecule has 0 radical (unpaired) electrons. The lowest BCUT2D eigenvalue weighted by molar-refractivity contribution is 0.102. The Morgan fingerprint density at radius 2 is 2.33 bits per heavy atom. The van der Waals surface area contributed by atoms with E-state index in [1.165, 1.54) is 23.1 Å². The van der Waals surface area contributed by atoms with E-state index in [2.05, 4.69) is 25.7 Å². The second-order valence-electron chi connectivity index (χ2n) is 6.21. The summed E-state index contributed by atoms with van der Waals surface area (Å²) < 4.78 is 7.41. The molecular weight excluding hydrogens is 370 g/mol. The number of nitrogens with one attached hydrogen (secondary N) is 2. The summed E-state index contributed by atoms with van der Waals surface area (Å²) in [7, 11) is 0. The van der Waals surface area contributed by atoms with Gasteiger partial charge >= 0.3 is 0 Å². The molecule has 140 valence electrons. The Balaban J connectivity index is 1.59. The van der Waals surface area contributed by atoms with Gasteiger partial charge in [0.2, 0.25) is 0 Å². The molecule has 0 spiro atoms. The topological polar surface area (TPSA) is 119 Å². The van der Waals surface area contributed by atoms with Gasteiger partial charge < -0.3 is 21.1 Å². The van der Waals surface area contributed by atoms with Gasteiger partial charge in [0.25, 0.3) is 5.91 Å². The van der Waals surface area contributed by atoms with Crippen molar-refractivity contribution in [3.63, 3.8) is 0 Å². The van der Waals surface area contributed by atoms with E-state index in [-0.39, 0.29) is 17.5 Å². The third-order valence-corrected chi connectivity index (χ3v) is 4.46. The van der Waals surface area contributed by atoms with Crippen LogP contribution >= 0.6 is 11.6 Å². The van der Waals surface area contributed by atoms with Crippen LogP contribution in [0.5, 0.6) is 5.75 Å². The molecule has 3 aromatic rings. The summed E-state index contributed by atoms with van der Waals surface area (Å²) >= 11 is 5.91. The van der Waals surface area contributed by atoms with Gasteiger partial charge in [0, 0.05) is 25.0 Å². The predicted octanol–water partition coefficient (Wildman–Crippen LogP) is 1.74. The third-order valence-electron chi connectivity index (χ3n) is 4.27. The summed E-state index contributed by atoms with van der Waals surface area (Å²) in [5, 5.41) is 10.6. The second kappa shape index (κ2) is 7.37. The molecule has 1 atom stereocenters. The Kier molecular flexibility index (Phi) is 4.78. The molecule has 3 aromatic heterocycles. The molecule has 0 saturated carbocycles. The fourth-order valence-corrected chi connectivity index (χ4v) is 3.15. The number of amides is 1. The molecule has 1 aliphatic rings. The highest BCUT2D eigenvalue weighted by Gasteiger charge is 2.22. The molecule has 4 rings (SSSR count). The number of nitrogens with two attached hydrogens (primary N) is 1. The van der Waals surface area contributed by atoms with Crippen LogP contribution in [0.1, 0.15) is 23.2 Å². The quantitative estimate of drug-likeness (QED) is 0.623. The molecule has 0 aromatic carbocycles. The number of carbonyl (C=O) groups is 1. The van der Waals surface area contributed by atoms with Crippen LogP contribution in [-0.2, 0) is 0 Å². The van der Waals surface area contributed by atoms with Crippen molar-refractivity contribution >= 4 is 34.7 Å². The highest BCUT2D eigenvalue weighted by atomic mass is 35.5. The van der Waals surface area contributed by atoms with Gasteiger partial charge in [-0.1, -0.05) is 11.6 Å². The Labute approximate surface area is 159 Å². The molecule has 1 saturated heterocycles. The van der Waals surface area contributed by atoms with Crippen LogP contribution in [0.15, 0.2) is 30.9 Å². The van der Waals surface area contributed by atoms with E-state index >= 15 is 0 Å². The highest BCUT2D eigenvalue weighted by Crippen LogP contribution is 2.27. The van der Waals surface area contributed by atoms with Gasteiger partial charge in [0.05, 0.1) is 17.4 Å². The minimum absolute atomic E-state index is 0.0441. The van der Waals surface area contributed by atoms with Crippen molar-refractivity contribution in [2.24, 2.45) is 0 Å². The molecule has 1 amide bonds. The van der Waals surface area contributed by atoms with Gasteiger partial charge in [0.15, 0.2) is 11.5 Å². The SMILES string of the molecule is Nc1nn2cc(Cl)cnc2c1C(=O)Nc1cnccc1OC1CCCNC1. The molecule has 4 N–H and O–H groups in total. The molecule has 1 unspecified atom stereocenters. The van der Waals surface area contributed by atoms with Crippen molar-refractivity contribution < 1.29 is 9.53 Å². The van der Waals surface area contributed by atoms with E-state index in [0.29, 0.717) is 22.1 Å². The first-order chi connectivity index (χ1) is 13.1. The van der Waals surface area contributed by atoms with E-state index in [1.807, 2.05) is 0 Å². The molecule has 27 heavy (non-hydrogen) atoms. The number of piperidine rings is 1. The molecule has 0 aliphatic carbocycles. The third kappa shape index (κ3) is 3.64. The number of pyridine rings is 1. The zero-order valence-corrected chi connectivity index (χ0v) is 15.1. The number of hydrogen-bond acceptors (Lipinski definition) is 7. The van der Waals surface area contributed by atoms with Crippen LogP contribution in [0, 0.1) is 0 Å². The van der Waals surface area contributed by atoms with Gasteiger partial charge in [-0.3, -0.25) is 9.78 Å². The molecule has 4 heterocycles. The second-order valence-corrected chi connectivity index (χ2v) is 6.65. The zero-order chi connectivity index (χ0) is 18.8. The van der Waals surface area contributed by atoms with Crippen LogP contribution in [0.3, 0.4) is 0 Å². The number of nitrogens with zero attached hydrogens (tertiary/aromatic N) is 4. The standard InChI is InChI=1S/C17H18ClN7O2/c18-10-6-22-16-14(15(19)24-25(16)9-10)17(26)23-12-8-21-5-3-13(12)27-11-2-1-4-20-7-11/h3,5-6,8-9,11,20H,1-2,4,7H2,(H2,19,24)(H,23,26). The lowest BCUT2D eigenvalue weighted by Gasteiger charge is -2.24.